The predicted octanol–water partition coefficient (Wildman–Crippen LogP) is 0.905. The first-order valence-corrected chi connectivity index (χ1v) is 1.49. The van der Waals surface area contributed by atoms with E-state index in [1.165, 1.54) is 0 Å². The monoisotopic (exact) mass is 210 g/mol. The summed E-state index contributed by atoms with van der Waals surface area (Å²) >= 11 is 9.69. The van der Waals surface area contributed by atoms with E-state index in [0.29, 0.717) is 0 Å². The molecule has 0 nitrogen and oxygen atoms in total. The summed E-state index contributed by atoms with van der Waals surface area (Å²) < 4.78 is 0.111. The number of halogens is 3. The van der Waals surface area contributed by atoms with Gasteiger partial charge in [-0.05, 0) is 0 Å². The first-order valence-electron chi connectivity index (χ1n) is 0.732. The maximum atomic E-state index is 4.85. The Hall–Kier alpha value is 1.15. The van der Waals surface area contributed by atoms with E-state index in [1.54, 1.807) is 0 Å². The summed E-state index contributed by atoms with van der Waals surface area (Å²) in [6.07, 6.45) is 0. The molecule has 0 heterocycles. The van der Waals surface area contributed by atoms with Gasteiger partial charge in [0, 0.05) is 0 Å². The van der Waals surface area contributed by atoms with Gasteiger partial charge in [-0.3, -0.25) is 0 Å². The van der Waals surface area contributed by atoms with E-state index >= 15 is 0 Å². The number of hydrogen-bond acceptors (Lipinski definition) is 0. The Morgan fingerprint density at radius 2 is 1.33 bits per heavy atom. The van der Waals surface area contributed by atoms with Gasteiger partial charge in [0.15, 0.2) is 0 Å². The standard InChI is InChI=1S/C2H2Cl2.ClH.GeH4/c1-2(3)4;;/h1H2;1H;1H4. The van der Waals surface area contributed by atoms with Crippen LogP contribution in [0.15, 0.2) is 11.1 Å². The summed E-state index contributed by atoms with van der Waals surface area (Å²) in [6, 6.07) is 0. The summed E-state index contributed by atoms with van der Waals surface area (Å²) in [4.78, 5) is 0. The Morgan fingerprint density at radius 1 is 1.33 bits per heavy atom. The molecule has 0 aromatic carbocycles. The maximum absolute atomic E-state index is 4.85. The topological polar surface area (TPSA) is 0 Å². The predicted molar refractivity (Wildman–Crippen MR) is 39.4 cm³/mol. The third kappa shape index (κ3) is 66.9. The molecule has 0 radical (unpaired) electrons. The molecule has 40 valence electrons. The van der Waals surface area contributed by atoms with Crippen molar-refractivity contribution < 1.29 is 0 Å². The molecule has 0 aliphatic rings. The minimum absolute atomic E-state index is 0. The van der Waals surface area contributed by atoms with Gasteiger partial charge in [0.2, 0.25) is 0 Å². The second-order valence-electron chi connectivity index (χ2n) is 0.339. The second kappa shape index (κ2) is 9.47. The minimum atomic E-state index is 0. The van der Waals surface area contributed by atoms with E-state index in [-0.39, 0.29) is 34.5 Å². The van der Waals surface area contributed by atoms with Crippen molar-refractivity contribution in [2.75, 3.05) is 0 Å². The van der Waals surface area contributed by atoms with Crippen LogP contribution in [0.25, 0.3) is 0 Å². The molecule has 0 atom stereocenters. The summed E-state index contributed by atoms with van der Waals surface area (Å²) in [5.41, 5.74) is 0. The molecule has 0 saturated heterocycles. The molecule has 0 aliphatic heterocycles. The molecule has 6 heavy (non-hydrogen) atoms. The van der Waals surface area contributed by atoms with Crippen LogP contribution in [-0.2, 0) is 0 Å². The molecule has 0 aliphatic carbocycles. The van der Waals surface area contributed by atoms with E-state index < -0.39 is 0 Å². The van der Waals surface area contributed by atoms with Crippen LogP contribution in [0.3, 0.4) is 0 Å². The van der Waals surface area contributed by atoms with Crippen LogP contribution in [0.5, 0.6) is 0 Å². The summed E-state index contributed by atoms with van der Waals surface area (Å²) in [5, 5.41) is 0. The van der Waals surface area contributed by atoms with Crippen molar-refractivity contribution in [3.8, 4) is 0 Å². The van der Waals surface area contributed by atoms with E-state index in [4.69, 9.17) is 23.2 Å². The normalized spacial score (nSPS) is 4.33. The van der Waals surface area contributed by atoms with Gasteiger partial charge >= 0.3 is 17.6 Å². The van der Waals surface area contributed by atoms with Crippen LogP contribution in [-0.4, -0.2) is 17.6 Å². The SMILES string of the molecule is C=C(Cl)Cl.Cl.[GeH4]. The Bertz CT molecular complexity index is 31.8. The third-order valence-corrected chi connectivity index (χ3v) is 0. The average molecular weight is 210 g/mol. The fourth-order valence-electron chi connectivity index (χ4n) is 0. The molecule has 0 bridgehead atoms. The van der Waals surface area contributed by atoms with Gasteiger partial charge in [0.1, 0.15) is 0 Å². The van der Waals surface area contributed by atoms with Crippen molar-refractivity contribution >= 4 is 53.2 Å². The summed E-state index contributed by atoms with van der Waals surface area (Å²) in [5.74, 6) is 0. The Morgan fingerprint density at radius 3 is 1.33 bits per heavy atom. The molecule has 0 aromatic rings. The van der Waals surface area contributed by atoms with Crippen molar-refractivity contribution in [3.05, 3.63) is 11.1 Å². The molecular weight excluding hydrogens is 203 g/mol. The van der Waals surface area contributed by atoms with Crippen LogP contribution in [0.2, 0.25) is 0 Å². The van der Waals surface area contributed by atoms with Crippen LogP contribution in [0.1, 0.15) is 0 Å². The quantitative estimate of drug-likeness (QED) is 0.521. The van der Waals surface area contributed by atoms with Crippen LogP contribution in [0.4, 0.5) is 0 Å². The van der Waals surface area contributed by atoms with Crippen LogP contribution < -0.4 is 0 Å². The van der Waals surface area contributed by atoms with Crippen LogP contribution in [0, 0.1) is 0 Å². The van der Waals surface area contributed by atoms with Gasteiger partial charge in [-0.2, -0.15) is 0 Å². The van der Waals surface area contributed by atoms with Crippen LogP contribution >= 0.6 is 35.6 Å². The zero-order valence-electron chi connectivity index (χ0n) is 2.37. The summed E-state index contributed by atoms with van der Waals surface area (Å²) in [7, 11) is 0. The molecule has 0 N–H and O–H groups in total. The molecular formula is C2H7Cl3Ge. The van der Waals surface area contributed by atoms with Crippen molar-refractivity contribution in [2.45, 2.75) is 0 Å². The van der Waals surface area contributed by atoms with E-state index in [9.17, 15) is 0 Å². The van der Waals surface area contributed by atoms with E-state index in [2.05, 4.69) is 6.58 Å². The van der Waals surface area contributed by atoms with Crippen molar-refractivity contribution in [3.63, 3.8) is 0 Å². The van der Waals surface area contributed by atoms with Gasteiger partial charge in [-0.1, -0.05) is 29.8 Å². The van der Waals surface area contributed by atoms with E-state index in [1.807, 2.05) is 0 Å². The third-order valence-electron chi connectivity index (χ3n) is 0. The van der Waals surface area contributed by atoms with Crippen molar-refractivity contribution in [2.24, 2.45) is 0 Å². The van der Waals surface area contributed by atoms with Crippen molar-refractivity contribution in [1.82, 2.24) is 0 Å². The van der Waals surface area contributed by atoms with Gasteiger partial charge in [-0.25, -0.2) is 0 Å². The van der Waals surface area contributed by atoms with Gasteiger partial charge < -0.3 is 0 Å². The molecule has 0 amide bonds. The van der Waals surface area contributed by atoms with Gasteiger partial charge in [0.05, 0.1) is 4.49 Å². The molecule has 0 rings (SSSR count). The Labute approximate surface area is 64.3 Å². The fourth-order valence-corrected chi connectivity index (χ4v) is 0. The summed E-state index contributed by atoms with van der Waals surface area (Å²) in [6.45, 7) is 3.09. The van der Waals surface area contributed by atoms with Gasteiger partial charge in [0.25, 0.3) is 0 Å². The number of hydrogen-bond donors (Lipinski definition) is 0. The second-order valence-corrected chi connectivity index (χ2v) is 1.44. The first kappa shape index (κ1) is 15.7. The zero-order valence-corrected chi connectivity index (χ0v) is 4.70. The average Bonchev–Trinajstić information content (AvgIpc) is 0.811. The number of rotatable bonds is 0. The Kier molecular flexibility index (Phi) is 24.8. The molecule has 4 heteroatoms. The molecule has 0 fully saturated rings. The van der Waals surface area contributed by atoms with Crippen molar-refractivity contribution in [1.29, 1.82) is 0 Å². The van der Waals surface area contributed by atoms with Gasteiger partial charge in [-0.15, -0.1) is 12.4 Å². The Balaban J connectivity index is -0.0000000450. The first-order chi connectivity index (χ1) is 1.73. The van der Waals surface area contributed by atoms with E-state index in [0.717, 1.165) is 0 Å². The molecule has 0 unspecified atom stereocenters. The molecule has 0 saturated carbocycles. The zero-order chi connectivity index (χ0) is 3.58. The molecule has 0 aromatic heterocycles. The molecule has 0 spiro atoms. The fraction of sp³-hybridized carbons (Fsp3) is 0.